The molecule has 118 valence electrons. The van der Waals surface area contributed by atoms with Crippen LogP contribution in [-0.4, -0.2) is 61.5 Å². The second-order valence-corrected chi connectivity index (χ2v) is 6.51. The molecule has 0 amide bonds. The van der Waals surface area contributed by atoms with Crippen molar-refractivity contribution in [3.8, 4) is 0 Å². The molecule has 2 fully saturated rings. The number of hydrogen-bond donors (Lipinski definition) is 2. The van der Waals surface area contributed by atoms with E-state index in [2.05, 4.69) is 17.1 Å². The predicted octanol–water partition coefficient (Wildman–Crippen LogP) is 1.63. The maximum atomic E-state index is 9.97. The molecule has 1 unspecified atom stereocenters. The average Bonchev–Trinajstić information content (AvgIpc) is 3.27. The van der Waals surface area contributed by atoms with Crippen molar-refractivity contribution in [2.24, 2.45) is 5.92 Å². The Balaban J connectivity index is 1.49. The average molecular weight is 284 g/mol. The lowest BCUT2D eigenvalue weighted by atomic mass is 9.96. The lowest BCUT2D eigenvalue weighted by Gasteiger charge is -2.33. The van der Waals surface area contributed by atoms with Crippen molar-refractivity contribution in [1.29, 1.82) is 0 Å². The summed E-state index contributed by atoms with van der Waals surface area (Å²) in [6.07, 6.45) is 7.20. The van der Waals surface area contributed by atoms with Crippen LogP contribution in [0.4, 0.5) is 0 Å². The number of aliphatic hydroxyl groups is 1. The second kappa shape index (κ2) is 8.98. The quantitative estimate of drug-likeness (QED) is 0.599. The highest BCUT2D eigenvalue weighted by molar-refractivity contribution is 4.83. The molecule has 1 atom stereocenters. The molecule has 2 N–H and O–H groups in total. The Morgan fingerprint density at radius 2 is 2.00 bits per heavy atom. The first-order valence-electron chi connectivity index (χ1n) is 8.49. The Labute approximate surface area is 123 Å². The Morgan fingerprint density at radius 3 is 2.65 bits per heavy atom. The fourth-order valence-corrected chi connectivity index (χ4v) is 2.81. The summed E-state index contributed by atoms with van der Waals surface area (Å²) >= 11 is 0. The molecule has 2 rings (SSSR count). The van der Waals surface area contributed by atoms with Crippen molar-refractivity contribution in [1.82, 2.24) is 10.2 Å². The topological polar surface area (TPSA) is 44.7 Å². The summed E-state index contributed by atoms with van der Waals surface area (Å²) in [5, 5.41) is 13.6. The van der Waals surface area contributed by atoms with E-state index in [0.717, 1.165) is 51.0 Å². The maximum absolute atomic E-state index is 9.97. The molecule has 0 aromatic carbocycles. The molecule has 0 bridgehead atoms. The predicted molar refractivity (Wildman–Crippen MR) is 81.9 cm³/mol. The highest BCUT2D eigenvalue weighted by atomic mass is 16.5. The van der Waals surface area contributed by atoms with Crippen LogP contribution in [0.15, 0.2) is 0 Å². The van der Waals surface area contributed by atoms with Crippen LogP contribution in [0.2, 0.25) is 0 Å². The number of nitrogens with zero attached hydrogens (tertiary/aromatic N) is 1. The summed E-state index contributed by atoms with van der Waals surface area (Å²) in [4.78, 5) is 2.39. The van der Waals surface area contributed by atoms with Crippen molar-refractivity contribution < 1.29 is 9.84 Å². The monoisotopic (exact) mass is 284 g/mol. The van der Waals surface area contributed by atoms with E-state index in [1.54, 1.807) is 0 Å². The van der Waals surface area contributed by atoms with Crippen molar-refractivity contribution >= 4 is 0 Å². The number of likely N-dealkylation sites (tertiary alicyclic amines) is 1. The third-order valence-corrected chi connectivity index (χ3v) is 4.40. The summed E-state index contributed by atoms with van der Waals surface area (Å²) in [7, 11) is 0. The minimum atomic E-state index is -0.326. The Bertz CT molecular complexity index is 251. The van der Waals surface area contributed by atoms with Crippen LogP contribution in [0.3, 0.4) is 0 Å². The molecule has 20 heavy (non-hydrogen) atoms. The maximum Gasteiger partial charge on any atom is 0.0900 e. The number of nitrogens with one attached hydrogen (secondary N) is 1. The smallest absolute Gasteiger partial charge is 0.0900 e. The summed E-state index contributed by atoms with van der Waals surface area (Å²) in [6.45, 7) is 7.65. The molecule has 1 aliphatic heterocycles. The van der Waals surface area contributed by atoms with Crippen molar-refractivity contribution in [3.05, 3.63) is 0 Å². The normalized spacial score (nSPS) is 23.1. The van der Waals surface area contributed by atoms with Gasteiger partial charge in [-0.15, -0.1) is 0 Å². The zero-order valence-electron chi connectivity index (χ0n) is 13.0. The van der Waals surface area contributed by atoms with Crippen LogP contribution in [0.5, 0.6) is 0 Å². The SMILES string of the molecule is CCCCOCC(O)CN1CCC(CNC2CC2)CC1. The molecule has 1 saturated carbocycles. The Kier molecular flexibility index (Phi) is 7.28. The van der Waals surface area contributed by atoms with Gasteiger partial charge in [-0.1, -0.05) is 13.3 Å². The number of piperidine rings is 1. The highest BCUT2D eigenvalue weighted by Gasteiger charge is 2.24. The number of ether oxygens (including phenoxy) is 1. The molecule has 0 aromatic rings. The minimum absolute atomic E-state index is 0.326. The second-order valence-electron chi connectivity index (χ2n) is 6.51. The third-order valence-electron chi connectivity index (χ3n) is 4.40. The zero-order chi connectivity index (χ0) is 14.2. The molecule has 0 radical (unpaired) electrons. The first-order valence-corrected chi connectivity index (χ1v) is 8.49. The fraction of sp³-hybridized carbons (Fsp3) is 1.00. The summed E-state index contributed by atoms with van der Waals surface area (Å²) in [6, 6.07) is 0.829. The highest BCUT2D eigenvalue weighted by Crippen LogP contribution is 2.21. The first kappa shape index (κ1) is 16.2. The number of unbranched alkanes of at least 4 members (excludes halogenated alkanes) is 1. The van der Waals surface area contributed by atoms with Gasteiger partial charge in [0.1, 0.15) is 0 Å². The van der Waals surface area contributed by atoms with Crippen molar-refractivity contribution in [2.75, 3.05) is 39.4 Å². The van der Waals surface area contributed by atoms with Gasteiger partial charge in [-0.05, 0) is 57.7 Å². The van der Waals surface area contributed by atoms with E-state index < -0.39 is 0 Å². The largest absolute Gasteiger partial charge is 0.389 e. The van der Waals surface area contributed by atoms with Gasteiger partial charge in [-0.25, -0.2) is 0 Å². The van der Waals surface area contributed by atoms with Crippen molar-refractivity contribution in [2.45, 2.75) is 57.6 Å². The number of rotatable bonds is 10. The van der Waals surface area contributed by atoms with E-state index >= 15 is 0 Å². The molecular weight excluding hydrogens is 252 g/mol. The molecular formula is C16H32N2O2. The van der Waals surface area contributed by atoms with Gasteiger partial charge in [0, 0.05) is 19.2 Å². The van der Waals surface area contributed by atoms with Gasteiger partial charge in [-0.2, -0.15) is 0 Å². The van der Waals surface area contributed by atoms with Crippen LogP contribution in [-0.2, 0) is 4.74 Å². The Morgan fingerprint density at radius 1 is 1.25 bits per heavy atom. The van der Waals surface area contributed by atoms with E-state index in [0.29, 0.717) is 6.61 Å². The van der Waals surface area contributed by atoms with Gasteiger partial charge < -0.3 is 20.1 Å². The number of aliphatic hydroxyl groups excluding tert-OH is 1. The number of hydrogen-bond acceptors (Lipinski definition) is 4. The molecule has 1 saturated heterocycles. The Hall–Kier alpha value is -0.160. The fourth-order valence-electron chi connectivity index (χ4n) is 2.81. The molecule has 4 heteroatoms. The first-order chi connectivity index (χ1) is 9.78. The van der Waals surface area contributed by atoms with Gasteiger partial charge in [-0.3, -0.25) is 0 Å². The van der Waals surface area contributed by atoms with Crippen LogP contribution in [0.25, 0.3) is 0 Å². The lowest BCUT2D eigenvalue weighted by Crippen LogP contribution is -2.42. The summed E-state index contributed by atoms with van der Waals surface area (Å²) < 4.78 is 5.48. The van der Waals surface area contributed by atoms with E-state index in [9.17, 15) is 5.11 Å². The van der Waals surface area contributed by atoms with Crippen LogP contribution in [0, 0.1) is 5.92 Å². The molecule has 1 heterocycles. The van der Waals surface area contributed by atoms with E-state index in [-0.39, 0.29) is 6.10 Å². The summed E-state index contributed by atoms with van der Waals surface area (Å²) in [5.41, 5.74) is 0. The van der Waals surface area contributed by atoms with Gasteiger partial charge >= 0.3 is 0 Å². The molecule has 0 spiro atoms. The van der Waals surface area contributed by atoms with Gasteiger partial charge in [0.05, 0.1) is 12.7 Å². The molecule has 0 aromatic heterocycles. The minimum Gasteiger partial charge on any atom is -0.389 e. The van der Waals surface area contributed by atoms with Crippen LogP contribution in [0.1, 0.15) is 45.4 Å². The van der Waals surface area contributed by atoms with E-state index in [1.165, 1.54) is 32.2 Å². The van der Waals surface area contributed by atoms with Gasteiger partial charge in [0.25, 0.3) is 0 Å². The zero-order valence-corrected chi connectivity index (χ0v) is 13.0. The van der Waals surface area contributed by atoms with E-state index in [4.69, 9.17) is 4.74 Å². The van der Waals surface area contributed by atoms with Gasteiger partial charge in [0.15, 0.2) is 0 Å². The lowest BCUT2D eigenvalue weighted by molar-refractivity contribution is 0.00994. The van der Waals surface area contributed by atoms with E-state index in [1.807, 2.05) is 0 Å². The standard InChI is InChI=1S/C16H32N2O2/c1-2-3-10-20-13-16(19)12-18-8-6-14(7-9-18)11-17-15-4-5-15/h14-17,19H,2-13H2,1H3. The molecule has 2 aliphatic rings. The molecule has 1 aliphatic carbocycles. The third kappa shape index (κ3) is 6.53. The van der Waals surface area contributed by atoms with Gasteiger partial charge in [0.2, 0.25) is 0 Å². The molecule has 4 nitrogen and oxygen atoms in total. The van der Waals surface area contributed by atoms with Crippen molar-refractivity contribution in [3.63, 3.8) is 0 Å². The van der Waals surface area contributed by atoms with Crippen LogP contribution < -0.4 is 5.32 Å². The van der Waals surface area contributed by atoms with Crippen LogP contribution >= 0.6 is 0 Å². The summed E-state index contributed by atoms with van der Waals surface area (Å²) in [5.74, 6) is 0.838. The number of β-amino-alcohol motifs (C(OH)–C–C–N with tert-alkyl or cyclic N) is 1.